The SMILES string of the molecule is CC(C)(C)c1ccnc(-n2c3[c-]c(Oc4[c-]c5c(cc4)C(C)(C)c4cccc6c4n-5[c-][n+]6-c4c(-c5ccccc5)cccc4-c4ccccc4)ccc3c3c4c5c(cc32)Oc2cccc3c2B5c2c(cccc2N3c2ccccc2)O4)c1.[Pt]. The summed E-state index contributed by atoms with van der Waals surface area (Å²) in [7, 11) is 0. The van der Waals surface area contributed by atoms with Gasteiger partial charge in [-0.1, -0.05) is 173 Å². The number of hydrogen-bond donors (Lipinski definition) is 0. The number of nitrogens with zero attached hydrogens (tertiary/aromatic N) is 5. The summed E-state index contributed by atoms with van der Waals surface area (Å²) >= 11 is 0. The van der Waals surface area contributed by atoms with E-state index in [-0.39, 0.29) is 38.6 Å². The minimum Gasteiger partial charge on any atom is -0.510 e. The first kappa shape index (κ1) is 49.4. The Bertz CT molecular complexity index is 4800. The number of hydrogen-bond acceptors (Lipinski definition) is 5. The number of pyridine rings is 1. The van der Waals surface area contributed by atoms with E-state index >= 15 is 0 Å². The smallest absolute Gasteiger partial charge is 0.268 e. The molecule has 0 amide bonds. The van der Waals surface area contributed by atoms with Crippen LogP contribution in [0.1, 0.15) is 51.3 Å². The number of rotatable bonds is 7. The van der Waals surface area contributed by atoms with Gasteiger partial charge in [0.1, 0.15) is 28.8 Å². The largest absolute Gasteiger partial charge is 0.510 e. The van der Waals surface area contributed by atoms with Crippen molar-refractivity contribution in [2.75, 3.05) is 4.90 Å². The second-order valence-corrected chi connectivity index (χ2v) is 23.5. The molecule has 0 atom stereocenters. The zero-order chi connectivity index (χ0) is 54.8. The Hall–Kier alpha value is -9.43. The molecule has 4 aliphatic rings. The van der Waals surface area contributed by atoms with Crippen LogP contribution in [-0.4, -0.2) is 20.8 Å². The predicted molar refractivity (Wildman–Crippen MR) is 328 cm³/mol. The average Bonchev–Trinajstić information content (AvgIpc) is 2.22. The van der Waals surface area contributed by atoms with Crippen molar-refractivity contribution in [2.45, 2.75) is 45.4 Å². The monoisotopic (exact) mass is 1250 g/mol. The molecule has 0 saturated heterocycles. The molecule has 400 valence electrons. The maximum atomic E-state index is 7.32. The number of imidazole rings is 1. The first-order valence-electron chi connectivity index (χ1n) is 28.1. The number of ether oxygens (including phenoxy) is 3. The van der Waals surface area contributed by atoms with E-state index in [1.54, 1.807) is 0 Å². The molecule has 17 rings (SSSR count). The maximum Gasteiger partial charge on any atom is 0.268 e. The first-order valence-corrected chi connectivity index (χ1v) is 28.1. The molecule has 0 bridgehead atoms. The van der Waals surface area contributed by atoms with Crippen molar-refractivity contribution >= 4 is 73.0 Å². The summed E-state index contributed by atoms with van der Waals surface area (Å²) in [5.41, 5.74) is 19.7. The number of para-hydroxylation sites is 3. The van der Waals surface area contributed by atoms with Crippen LogP contribution in [0.2, 0.25) is 0 Å². The molecule has 13 aromatic rings. The van der Waals surface area contributed by atoms with Crippen LogP contribution < -0.4 is 40.1 Å². The molecule has 0 fully saturated rings. The van der Waals surface area contributed by atoms with Crippen LogP contribution in [0.3, 0.4) is 0 Å². The molecule has 10 heteroatoms. The molecule has 10 aromatic carbocycles. The molecule has 0 radical (unpaired) electrons. The Labute approximate surface area is 495 Å². The van der Waals surface area contributed by atoms with Gasteiger partial charge in [0.2, 0.25) is 0 Å². The Morgan fingerprint density at radius 1 is 0.602 bits per heavy atom. The third-order valence-electron chi connectivity index (χ3n) is 17.4. The molecule has 0 saturated carbocycles. The van der Waals surface area contributed by atoms with Gasteiger partial charge in [-0.3, -0.25) is 4.57 Å². The summed E-state index contributed by atoms with van der Waals surface area (Å²) in [6.45, 7) is 11.2. The fourth-order valence-electron chi connectivity index (χ4n) is 13.6. The van der Waals surface area contributed by atoms with Crippen LogP contribution in [0.15, 0.2) is 212 Å². The van der Waals surface area contributed by atoms with Crippen molar-refractivity contribution in [3.8, 4) is 73.9 Å². The summed E-state index contributed by atoms with van der Waals surface area (Å²) in [6.07, 6.45) is 5.81. The molecule has 0 unspecified atom stereocenters. The van der Waals surface area contributed by atoms with Crippen LogP contribution in [0.25, 0.3) is 72.3 Å². The quantitative estimate of drug-likeness (QED) is 0.0904. The first-order chi connectivity index (χ1) is 40.1. The zero-order valence-corrected chi connectivity index (χ0v) is 48.3. The maximum absolute atomic E-state index is 7.32. The summed E-state index contributed by atoms with van der Waals surface area (Å²) in [6, 6.07) is 80.3. The van der Waals surface area contributed by atoms with Crippen LogP contribution in [0.4, 0.5) is 17.1 Å². The summed E-state index contributed by atoms with van der Waals surface area (Å²) < 4.78 is 28.1. The van der Waals surface area contributed by atoms with Gasteiger partial charge >= 0.3 is 0 Å². The zero-order valence-electron chi connectivity index (χ0n) is 46.1. The van der Waals surface area contributed by atoms with E-state index in [4.69, 9.17) is 19.2 Å². The van der Waals surface area contributed by atoms with Crippen LogP contribution in [0, 0.1) is 18.5 Å². The van der Waals surface area contributed by atoms with E-state index in [1.165, 1.54) is 5.56 Å². The molecule has 8 nitrogen and oxygen atoms in total. The van der Waals surface area contributed by atoms with Gasteiger partial charge in [-0.2, -0.15) is 12.1 Å². The summed E-state index contributed by atoms with van der Waals surface area (Å²) in [4.78, 5) is 7.44. The van der Waals surface area contributed by atoms with Crippen LogP contribution in [-0.2, 0) is 31.9 Å². The summed E-state index contributed by atoms with van der Waals surface area (Å²) in [5, 5.41) is 1.91. The van der Waals surface area contributed by atoms with Crippen LogP contribution in [0.5, 0.6) is 34.5 Å². The Balaban J connectivity index is 0.00000565. The topological polar surface area (TPSA) is 57.6 Å². The Morgan fingerprint density at radius 3 is 1.94 bits per heavy atom. The van der Waals surface area contributed by atoms with E-state index in [2.05, 4.69) is 266 Å². The number of fused-ring (bicyclic) bond motifs is 6. The van der Waals surface area contributed by atoms with Gasteiger partial charge in [0, 0.05) is 72.9 Å². The molecule has 7 heterocycles. The van der Waals surface area contributed by atoms with E-state index < -0.39 is 0 Å². The van der Waals surface area contributed by atoms with Gasteiger partial charge in [-0.15, -0.1) is 29.8 Å². The van der Waals surface area contributed by atoms with E-state index in [0.717, 1.165) is 140 Å². The van der Waals surface area contributed by atoms with E-state index in [9.17, 15) is 0 Å². The molecule has 83 heavy (non-hydrogen) atoms. The minimum atomic E-state index is -0.374. The predicted octanol–water partition coefficient (Wildman–Crippen LogP) is 15.4. The number of aromatic nitrogens is 4. The average molecular weight is 1250 g/mol. The van der Waals surface area contributed by atoms with Gasteiger partial charge in [0.15, 0.2) is 0 Å². The van der Waals surface area contributed by atoms with Crippen molar-refractivity contribution in [3.05, 3.63) is 248 Å². The van der Waals surface area contributed by atoms with Gasteiger partial charge in [0.05, 0.1) is 16.7 Å². The molecule has 0 spiro atoms. The second kappa shape index (κ2) is 18.0. The number of anilines is 3. The van der Waals surface area contributed by atoms with Crippen molar-refractivity contribution in [1.82, 2.24) is 14.1 Å². The third-order valence-corrected chi connectivity index (χ3v) is 17.4. The molecular weight excluding hydrogens is 1200 g/mol. The van der Waals surface area contributed by atoms with Gasteiger partial charge < -0.3 is 28.2 Å². The van der Waals surface area contributed by atoms with Gasteiger partial charge in [0.25, 0.3) is 13.0 Å². The van der Waals surface area contributed by atoms with Crippen molar-refractivity contribution in [3.63, 3.8) is 0 Å². The Morgan fingerprint density at radius 2 is 1.24 bits per heavy atom. The minimum absolute atomic E-state index is 0. The van der Waals surface area contributed by atoms with E-state index in [1.807, 2.05) is 18.3 Å². The van der Waals surface area contributed by atoms with Crippen molar-refractivity contribution < 1.29 is 39.8 Å². The molecule has 4 aliphatic heterocycles. The Kier molecular flexibility index (Phi) is 10.7. The molecular formula is C73H50BN5O3Pt-2. The standard InChI is InChI=1S/C73H50BN5O3.Pt/c1-72(2,3)46-37-38-75-64(39-46)79-58-40-48(33-35-52(58)65-60(79)42-63-68-71(65)82-62-32-18-29-56-67(62)74(68)66-55(28-17-31-61(66)81-63)78(56)47-23-13-8-14-24-47)80-49-34-36-53-59(41-49)77-43-76(57-30-16-27-54(70(57)77)73(53,4)5)69-50(44-19-9-6-10-20-44)25-15-26-51(69)45-21-11-7-12-22-45;/h6-39,42H,1-5H3;/q-2;. The van der Waals surface area contributed by atoms with Crippen molar-refractivity contribution in [1.29, 1.82) is 0 Å². The third kappa shape index (κ3) is 7.17. The fraction of sp³-hybridized carbons (Fsp3) is 0.0959. The summed E-state index contributed by atoms with van der Waals surface area (Å²) in [5.74, 6) is 5.03. The van der Waals surface area contributed by atoms with Crippen molar-refractivity contribution in [2.24, 2.45) is 0 Å². The fourth-order valence-corrected chi connectivity index (χ4v) is 13.6. The van der Waals surface area contributed by atoms with E-state index in [0.29, 0.717) is 11.5 Å². The normalized spacial score (nSPS) is 13.7. The molecule has 0 N–H and O–H groups in total. The molecule has 3 aromatic heterocycles. The van der Waals surface area contributed by atoms with Gasteiger partial charge in [-0.25, -0.2) is 4.98 Å². The number of benzene rings is 10. The van der Waals surface area contributed by atoms with Crippen LogP contribution >= 0.6 is 0 Å². The molecule has 0 aliphatic carbocycles. The van der Waals surface area contributed by atoms with Gasteiger partial charge in [-0.05, 0) is 115 Å². The second-order valence-electron chi connectivity index (χ2n) is 23.5.